The van der Waals surface area contributed by atoms with Crippen molar-refractivity contribution >= 4 is 0 Å². The number of rotatable bonds is 2. The molecule has 1 nitrogen and oxygen atoms in total. The van der Waals surface area contributed by atoms with Crippen molar-refractivity contribution in [3.8, 4) is 0 Å². The first-order valence-electron chi connectivity index (χ1n) is 5.88. The molecular weight excluding hydrogens is 251 g/mol. The van der Waals surface area contributed by atoms with Crippen molar-refractivity contribution in [2.45, 2.75) is 19.9 Å². The molecule has 0 bridgehead atoms. The average Bonchev–Trinajstić information content (AvgIpc) is 2.35. The minimum absolute atomic E-state index is 0.0674. The smallest absolute Gasteiger partial charge is 0.164 e. The summed E-state index contributed by atoms with van der Waals surface area (Å²) in [6, 6.07) is 6.18. The van der Waals surface area contributed by atoms with Gasteiger partial charge in [0.25, 0.3) is 0 Å². The third-order valence-corrected chi connectivity index (χ3v) is 3.21. The molecule has 0 radical (unpaired) electrons. The summed E-state index contributed by atoms with van der Waals surface area (Å²) in [5.74, 6) is -2.23. The molecule has 2 aromatic carbocycles. The lowest BCUT2D eigenvalue weighted by Gasteiger charge is -2.17. The van der Waals surface area contributed by atoms with E-state index in [9.17, 15) is 13.2 Å². The van der Waals surface area contributed by atoms with Crippen LogP contribution in [0, 0.1) is 31.3 Å². The number of hydrogen-bond donors (Lipinski definition) is 1. The molecule has 1 atom stereocenters. The van der Waals surface area contributed by atoms with E-state index in [1.807, 2.05) is 0 Å². The maximum Gasteiger partial charge on any atom is 0.164 e. The summed E-state index contributed by atoms with van der Waals surface area (Å²) >= 11 is 0. The van der Waals surface area contributed by atoms with Crippen molar-refractivity contribution in [2.24, 2.45) is 5.73 Å². The fourth-order valence-corrected chi connectivity index (χ4v) is 2.06. The Kier molecular flexibility index (Phi) is 3.62. The summed E-state index contributed by atoms with van der Waals surface area (Å²) in [7, 11) is 0. The van der Waals surface area contributed by atoms with Crippen LogP contribution < -0.4 is 5.73 Å². The van der Waals surface area contributed by atoms with Crippen molar-refractivity contribution in [3.05, 3.63) is 70.0 Å². The van der Waals surface area contributed by atoms with Crippen LogP contribution in [-0.4, -0.2) is 0 Å². The largest absolute Gasteiger partial charge is 0.320 e. The van der Waals surface area contributed by atoms with Crippen LogP contribution in [0.25, 0.3) is 0 Å². The van der Waals surface area contributed by atoms with Gasteiger partial charge in [-0.15, -0.1) is 0 Å². The molecule has 100 valence electrons. The van der Waals surface area contributed by atoms with Crippen molar-refractivity contribution in [1.82, 2.24) is 0 Å². The topological polar surface area (TPSA) is 26.0 Å². The summed E-state index contributed by atoms with van der Waals surface area (Å²) in [5.41, 5.74) is 7.43. The van der Waals surface area contributed by atoms with Crippen LogP contribution in [0.3, 0.4) is 0 Å². The molecule has 0 saturated heterocycles. The van der Waals surface area contributed by atoms with E-state index < -0.39 is 17.7 Å². The van der Waals surface area contributed by atoms with Gasteiger partial charge in [0.15, 0.2) is 11.6 Å². The van der Waals surface area contributed by atoms with Gasteiger partial charge in [0.1, 0.15) is 5.82 Å². The Morgan fingerprint density at radius 3 is 2.11 bits per heavy atom. The van der Waals surface area contributed by atoms with Crippen molar-refractivity contribution in [1.29, 1.82) is 0 Å². The van der Waals surface area contributed by atoms with Crippen molar-refractivity contribution in [3.63, 3.8) is 0 Å². The molecule has 2 rings (SSSR count). The summed E-state index contributed by atoms with van der Waals surface area (Å²) in [5, 5.41) is 0. The van der Waals surface area contributed by atoms with E-state index in [4.69, 9.17) is 5.73 Å². The number of halogens is 3. The van der Waals surface area contributed by atoms with E-state index in [0.717, 1.165) is 0 Å². The SMILES string of the molecule is Cc1cc(F)ccc1C(N)c1ccc(C)c(F)c1F. The minimum Gasteiger partial charge on any atom is -0.320 e. The molecule has 0 aliphatic heterocycles. The molecule has 1 unspecified atom stereocenters. The summed E-state index contributed by atoms with van der Waals surface area (Å²) < 4.78 is 40.5. The molecule has 4 heteroatoms. The Labute approximate surface area is 109 Å². The van der Waals surface area contributed by atoms with Crippen molar-refractivity contribution < 1.29 is 13.2 Å². The van der Waals surface area contributed by atoms with E-state index in [1.54, 1.807) is 6.92 Å². The van der Waals surface area contributed by atoms with E-state index >= 15 is 0 Å². The summed E-state index contributed by atoms with van der Waals surface area (Å²) in [6.45, 7) is 3.16. The van der Waals surface area contributed by atoms with Gasteiger partial charge in [-0.05, 0) is 42.7 Å². The van der Waals surface area contributed by atoms with E-state index in [-0.39, 0.29) is 16.9 Å². The van der Waals surface area contributed by atoms with E-state index in [0.29, 0.717) is 11.1 Å². The second-order valence-electron chi connectivity index (χ2n) is 4.58. The third-order valence-electron chi connectivity index (χ3n) is 3.21. The van der Waals surface area contributed by atoms with Crippen molar-refractivity contribution in [2.75, 3.05) is 0 Å². The normalized spacial score (nSPS) is 12.5. The number of nitrogens with two attached hydrogens (primary N) is 1. The highest BCUT2D eigenvalue weighted by atomic mass is 19.2. The number of hydrogen-bond acceptors (Lipinski definition) is 1. The Hall–Kier alpha value is -1.81. The fourth-order valence-electron chi connectivity index (χ4n) is 2.06. The Morgan fingerprint density at radius 2 is 1.47 bits per heavy atom. The van der Waals surface area contributed by atoms with Gasteiger partial charge in [-0.2, -0.15) is 0 Å². The highest BCUT2D eigenvalue weighted by Crippen LogP contribution is 2.27. The molecule has 0 fully saturated rings. The van der Waals surface area contributed by atoms with E-state index in [2.05, 4.69) is 0 Å². The molecule has 0 spiro atoms. The van der Waals surface area contributed by atoms with Gasteiger partial charge in [-0.25, -0.2) is 13.2 Å². The first-order chi connectivity index (χ1) is 8.91. The second kappa shape index (κ2) is 5.05. The summed E-state index contributed by atoms with van der Waals surface area (Å²) in [6.07, 6.45) is 0. The van der Waals surface area contributed by atoms with Gasteiger partial charge < -0.3 is 5.73 Å². The molecule has 0 aromatic heterocycles. The van der Waals surface area contributed by atoms with Gasteiger partial charge in [-0.1, -0.05) is 18.2 Å². The van der Waals surface area contributed by atoms with Gasteiger partial charge in [0.05, 0.1) is 6.04 Å². The molecule has 2 N–H and O–H groups in total. The van der Waals surface area contributed by atoms with Crippen LogP contribution in [-0.2, 0) is 0 Å². The molecule has 0 aliphatic carbocycles. The average molecular weight is 265 g/mol. The molecular formula is C15H14F3N. The molecule has 0 aliphatic rings. The predicted octanol–water partition coefficient (Wildman–Crippen LogP) is 3.77. The molecule has 19 heavy (non-hydrogen) atoms. The molecule has 2 aromatic rings. The maximum atomic E-state index is 13.9. The lowest BCUT2D eigenvalue weighted by Crippen LogP contribution is -2.16. The van der Waals surface area contributed by atoms with Crippen LogP contribution in [0.5, 0.6) is 0 Å². The predicted molar refractivity (Wildman–Crippen MR) is 68.3 cm³/mol. The minimum atomic E-state index is -0.948. The first kappa shape index (κ1) is 13.6. The monoisotopic (exact) mass is 265 g/mol. The number of aryl methyl sites for hydroxylation is 2. The molecule has 0 heterocycles. The van der Waals surface area contributed by atoms with Gasteiger partial charge in [0.2, 0.25) is 0 Å². The standard InChI is InChI=1S/C15H14F3N/c1-8-3-5-12(14(18)13(8)17)15(19)11-6-4-10(16)7-9(11)2/h3-7,15H,19H2,1-2H3. The van der Waals surface area contributed by atoms with Gasteiger partial charge >= 0.3 is 0 Å². The van der Waals surface area contributed by atoms with E-state index in [1.165, 1.54) is 37.3 Å². The third kappa shape index (κ3) is 2.49. The number of benzene rings is 2. The quantitative estimate of drug-likeness (QED) is 0.878. The van der Waals surface area contributed by atoms with Crippen LogP contribution >= 0.6 is 0 Å². The van der Waals surface area contributed by atoms with Crippen LogP contribution in [0.4, 0.5) is 13.2 Å². The van der Waals surface area contributed by atoms with Crippen LogP contribution in [0.15, 0.2) is 30.3 Å². The van der Waals surface area contributed by atoms with Gasteiger partial charge in [-0.3, -0.25) is 0 Å². The zero-order valence-corrected chi connectivity index (χ0v) is 10.7. The highest BCUT2D eigenvalue weighted by molar-refractivity contribution is 5.38. The molecule has 0 amide bonds. The summed E-state index contributed by atoms with van der Waals surface area (Å²) in [4.78, 5) is 0. The van der Waals surface area contributed by atoms with Crippen LogP contribution in [0.2, 0.25) is 0 Å². The first-order valence-corrected chi connectivity index (χ1v) is 5.88. The lowest BCUT2D eigenvalue weighted by molar-refractivity contribution is 0.489. The highest BCUT2D eigenvalue weighted by Gasteiger charge is 2.19. The van der Waals surface area contributed by atoms with Crippen LogP contribution in [0.1, 0.15) is 28.3 Å². The zero-order valence-electron chi connectivity index (χ0n) is 10.7. The fraction of sp³-hybridized carbons (Fsp3) is 0.200. The second-order valence-corrected chi connectivity index (χ2v) is 4.58. The Balaban J connectivity index is 2.50. The van der Waals surface area contributed by atoms with Gasteiger partial charge in [0, 0.05) is 5.56 Å². The molecule has 0 saturated carbocycles. The Bertz CT molecular complexity index is 623. The maximum absolute atomic E-state index is 13.9. The Morgan fingerprint density at radius 1 is 0.842 bits per heavy atom. The zero-order chi connectivity index (χ0) is 14.2. The lowest BCUT2D eigenvalue weighted by atomic mass is 9.94.